The summed E-state index contributed by atoms with van der Waals surface area (Å²) in [6.45, 7) is 4.53. The molecular formula is C17H23N7O2S. The zero-order chi connectivity index (χ0) is 19.4. The molecule has 9 nitrogen and oxygen atoms in total. The van der Waals surface area contributed by atoms with Crippen molar-refractivity contribution < 1.29 is 9.90 Å². The van der Waals surface area contributed by atoms with Crippen LogP contribution in [0.4, 0.5) is 5.00 Å². The number of nitrogens with one attached hydrogen (secondary N) is 2. The van der Waals surface area contributed by atoms with Gasteiger partial charge in [-0.05, 0) is 38.1 Å². The molecule has 0 aromatic carbocycles. The SMILES string of the molecule is CC(C)(O)c1cnn(C2CCCN(C(=O)c3ccsc3N/N=C\C=N)C2)n1. The normalized spacial score (nSPS) is 18.0. The molecule has 1 unspecified atom stereocenters. The molecule has 10 heteroatoms. The van der Waals surface area contributed by atoms with E-state index in [-0.39, 0.29) is 11.9 Å². The lowest BCUT2D eigenvalue weighted by atomic mass is 10.1. The molecule has 2 aromatic heterocycles. The summed E-state index contributed by atoms with van der Waals surface area (Å²) >= 11 is 1.39. The molecule has 3 heterocycles. The Kier molecular flexibility index (Phi) is 5.66. The summed E-state index contributed by atoms with van der Waals surface area (Å²) < 4.78 is 0. The Morgan fingerprint density at radius 1 is 1.56 bits per heavy atom. The van der Waals surface area contributed by atoms with Gasteiger partial charge < -0.3 is 15.4 Å². The van der Waals surface area contributed by atoms with Crippen LogP contribution >= 0.6 is 11.3 Å². The third kappa shape index (κ3) is 4.40. The number of carbonyl (C=O) groups is 1. The highest BCUT2D eigenvalue weighted by Gasteiger charge is 2.29. The van der Waals surface area contributed by atoms with Crippen LogP contribution in [0.2, 0.25) is 0 Å². The molecule has 3 rings (SSSR count). The smallest absolute Gasteiger partial charge is 0.256 e. The van der Waals surface area contributed by atoms with Gasteiger partial charge in [0.1, 0.15) is 16.3 Å². The maximum absolute atomic E-state index is 13.0. The van der Waals surface area contributed by atoms with Crippen molar-refractivity contribution in [2.24, 2.45) is 5.10 Å². The zero-order valence-corrected chi connectivity index (χ0v) is 16.1. The number of thiophene rings is 1. The van der Waals surface area contributed by atoms with Crippen molar-refractivity contribution in [3.05, 3.63) is 28.9 Å². The minimum absolute atomic E-state index is 0.0234. The van der Waals surface area contributed by atoms with Crippen molar-refractivity contribution in [2.75, 3.05) is 18.5 Å². The van der Waals surface area contributed by atoms with Gasteiger partial charge in [0.2, 0.25) is 0 Å². The number of hydrogen-bond acceptors (Lipinski definition) is 8. The van der Waals surface area contributed by atoms with Gasteiger partial charge in [-0.1, -0.05) is 0 Å². The maximum Gasteiger partial charge on any atom is 0.256 e. The van der Waals surface area contributed by atoms with Gasteiger partial charge in [-0.15, -0.1) is 11.3 Å². The first-order valence-corrected chi connectivity index (χ1v) is 9.57. The standard InChI is InChI=1S/C17H23N7O2S/c1-17(2,26)14-10-20-24(22-14)12-4-3-8-23(11-12)16(25)13-5-9-27-15(13)21-19-7-6-18/h5-7,9-10,12,18,21,26H,3-4,8,11H2,1-2H3/b18-6?,19-7-. The minimum Gasteiger partial charge on any atom is -0.384 e. The van der Waals surface area contributed by atoms with E-state index in [1.165, 1.54) is 17.6 Å². The van der Waals surface area contributed by atoms with E-state index in [2.05, 4.69) is 20.7 Å². The molecule has 1 aliphatic heterocycles. The molecule has 1 saturated heterocycles. The topological polar surface area (TPSA) is 119 Å². The number of hydrazone groups is 1. The molecule has 0 bridgehead atoms. The van der Waals surface area contributed by atoms with Gasteiger partial charge >= 0.3 is 0 Å². The predicted octanol–water partition coefficient (Wildman–Crippen LogP) is 2.09. The van der Waals surface area contributed by atoms with Gasteiger partial charge in [-0.2, -0.15) is 20.1 Å². The third-order valence-electron chi connectivity index (χ3n) is 4.36. The lowest BCUT2D eigenvalue weighted by Gasteiger charge is -2.32. The quantitative estimate of drug-likeness (QED) is 0.516. The number of anilines is 1. The van der Waals surface area contributed by atoms with Crippen LogP contribution in [0.1, 0.15) is 48.8 Å². The second kappa shape index (κ2) is 7.97. The average molecular weight is 389 g/mol. The maximum atomic E-state index is 13.0. The molecular weight excluding hydrogens is 366 g/mol. The fourth-order valence-corrected chi connectivity index (χ4v) is 3.66. The summed E-state index contributed by atoms with van der Waals surface area (Å²) in [5.74, 6) is -0.0663. The number of amides is 1. The van der Waals surface area contributed by atoms with Crippen molar-refractivity contribution in [3.8, 4) is 0 Å². The first-order chi connectivity index (χ1) is 12.9. The zero-order valence-electron chi connectivity index (χ0n) is 15.3. The highest BCUT2D eigenvalue weighted by Crippen LogP contribution is 2.28. The van der Waals surface area contributed by atoms with E-state index < -0.39 is 5.60 Å². The Morgan fingerprint density at radius 2 is 2.37 bits per heavy atom. The number of piperidine rings is 1. The molecule has 1 fully saturated rings. The number of carbonyl (C=O) groups excluding carboxylic acids is 1. The molecule has 3 N–H and O–H groups in total. The molecule has 0 radical (unpaired) electrons. The second-order valence-electron chi connectivity index (χ2n) is 6.88. The molecule has 2 aromatic rings. The number of rotatable bonds is 6. The van der Waals surface area contributed by atoms with E-state index in [1.54, 1.807) is 35.8 Å². The highest BCUT2D eigenvalue weighted by atomic mass is 32.1. The van der Waals surface area contributed by atoms with Crippen molar-refractivity contribution in [3.63, 3.8) is 0 Å². The summed E-state index contributed by atoms with van der Waals surface area (Å²) in [4.78, 5) is 16.4. The van der Waals surface area contributed by atoms with Crippen LogP contribution in [-0.2, 0) is 5.60 Å². The van der Waals surface area contributed by atoms with Crippen molar-refractivity contribution >= 4 is 34.7 Å². The highest BCUT2D eigenvalue weighted by molar-refractivity contribution is 7.14. The molecule has 1 amide bonds. The van der Waals surface area contributed by atoms with Gasteiger partial charge in [0, 0.05) is 19.3 Å². The molecule has 1 atom stereocenters. The minimum atomic E-state index is -1.04. The molecule has 27 heavy (non-hydrogen) atoms. The molecule has 0 spiro atoms. The van der Waals surface area contributed by atoms with E-state index in [9.17, 15) is 9.90 Å². The Labute approximate surface area is 161 Å². The predicted molar refractivity (Wildman–Crippen MR) is 105 cm³/mol. The summed E-state index contributed by atoms with van der Waals surface area (Å²) in [6, 6.07) is 1.75. The summed E-state index contributed by atoms with van der Waals surface area (Å²) in [5.41, 5.74) is 2.84. The van der Waals surface area contributed by atoms with Crippen molar-refractivity contribution in [1.82, 2.24) is 19.9 Å². The summed E-state index contributed by atoms with van der Waals surface area (Å²) in [6.07, 6.45) is 5.69. The van der Waals surface area contributed by atoms with Crippen LogP contribution in [0, 0.1) is 5.41 Å². The summed E-state index contributed by atoms with van der Waals surface area (Å²) in [5, 5.41) is 32.1. The number of nitrogens with zero attached hydrogens (tertiary/aromatic N) is 5. The molecule has 0 aliphatic carbocycles. The summed E-state index contributed by atoms with van der Waals surface area (Å²) in [7, 11) is 0. The van der Waals surface area contributed by atoms with Crippen LogP contribution in [0.25, 0.3) is 0 Å². The number of hydrogen-bond donors (Lipinski definition) is 3. The van der Waals surface area contributed by atoms with E-state index in [4.69, 9.17) is 5.41 Å². The Morgan fingerprint density at radius 3 is 3.07 bits per heavy atom. The van der Waals surface area contributed by atoms with Crippen molar-refractivity contribution in [1.29, 1.82) is 5.41 Å². The van der Waals surface area contributed by atoms with E-state index in [0.29, 0.717) is 29.3 Å². The molecule has 144 valence electrons. The number of aromatic nitrogens is 3. The average Bonchev–Trinajstić information content (AvgIpc) is 3.31. The van der Waals surface area contributed by atoms with Crippen LogP contribution < -0.4 is 5.43 Å². The van der Waals surface area contributed by atoms with Gasteiger partial charge in [0.15, 0.2) is 0 Å². The van der Waals surface area contributed by atoms with Crippen LogP contribution in [0.5, 0.6) is 0 Å². The van der Waals surface area contributed by atoms with Gasteiger partial charge in [0.25, 0.3) is 5.91 Å². The van der Waals surface area contributed by atoms with E-state index >= 15 is 0 Å². The van der Waals surface area contributed by atoms with Crippen LogP contribution in [-0.4, -0.2) is 56.4 Å². The van der Waals surface area contributed by atoms with E-state index in [0.717, 1.165) is 19.1 Å². The monoisotopic (exact) mass is 389 g/mol. The fraction of sp³-hybridized carbons (Fsp3) is 0.471. The lowest BCUT2D eigenvalue weighted by molar-refractivity contribution is 0.0642. The first kappa shape index (κ1) is 19.2. The Balaban J connectivity index is 1.72. The van der Waals surface area contributed by atoms with Gasteiger partial charge in [-0.25, -0.2) is 0 Å². The first-order valence-electron chi connectivity index (χ1n) is 8.69. The number of aliphatic hydroxyl groups is 1. The van der Waals surface area contributed by atoms with Crippen LogP contribution in [0.3, 0.4) is 0 Å². The third-order valence-corrected chi connectivity index (χ3v) is 5.18. The Hall–Kier alpha value is -2.59. The molecule has 0 saturated carbocycles. The second-order valence-corrected chi connectivity index (χ2v) is 7.79. The van der Waals surface area contributed by atoms with E-state index in [1.807, 2.05) is 5.38 Å². The largest absolute Gasteiger partial charge is 0.384 e. The van der Waals surface area contributed by atoms with Gasteiger partial charge in [-0.3, -0.25) is 10.2 Å². The Bertz CT molecular complexity index is 836. The fourth-order valence-electron chi connectivity index (χ4n) is 2.93. The lowest BCUT2D eigenvalue weighted by Crippen LogP contribution is -2.41. The van der Waals surface area contributed by atoms with Gasteiger partial charge in [0.05, 0.1) is 24.0 Å². The van der Waals surface area contributed by atoms with Crippen molar-refractivity contribution in [2.45, 2.75) is 38.3 Å². The van der Waals surface area contributed by atoms with Crippen LogP contribution in [0.15, 0.2) is 22.7 Å². The molecule has 1 aliphatic rings. The number of likely N-dealkylation sites (tertiary alicyclic amines) is 1.